The minimum atomic E-state index is -0.719. The van der Waals surface area contributed by atoms with Gasteiger partial charge in [0.1, 0.15) is 33.9 Å². The van der Waals surface area contributed by atoms with E-state index in [9.17, 15) is 19.2 Å². The molecule has 56 heavy (non-hydrogen) atoms. The largest absolute Gasteiger partial charge is 0.453 e. The van der Waals surface area contributed by atoms with Gasteiger partial charge in [0.05, 0.1) is 46.1 Å². The van der Waals surface area contributed by atoms with Gasteiger partial charge in [0.15, 0.2) is 5.82 Å². The quantitative estimate of drug-likeness (QED) is 0.134. The van der Waals surface area contributed by atoms with Gasteiger partial charge in [-0.3, -0.25) is 14.4 Å². The lowest BCUT2D eigenvalue weighted by molar-refractivity contribution is -0.138. The molecule has 0 aliphatic carbocycles. The lowest BCUT2D eigenvalue weighted by Crippen LogP contribution is -2.51. The number of rotatable bonds is 9. The van der Waals surface area contributed by atoms with Crippen molar-refractivity contribution in [2.45, 2.75) is 84.5 Å². The molecule has 4 aromatic heterocycles. The first-order valence-electron chi connectivity index (χ1n) is 19.2. The van der Waals surface area contributed by atoms with E-state index in [-0.39, 0.29) is 41.6 Å². The summed E-state index contributed by atoms with van der Waals surface area (Å²) in [5.74, 6) is 0.671. The number of alkyl carbamates (subject to hydrolysis) is 1. The topological polar surface area (TPSA) is 191 Å². The number of fused-ring (bicyclic) bond motifs is 6. The van der Waals surface area contributed by atoms with E-state index >= 15 is 0 Å². The van der Waals surface area contributed by atoms with Crippen LogP contribution in [0.3, 0.4) is 0 Å². The Morgan fingerprint density at radius 3 is 2.21 bits per heavy atom. The number of aromatic nitrogens is 6. The molecule has 2 aliphatic heterocycles. The molecule has 16 heteroatoms. The van der Waals surface area contributed by atoms with Crippen LogP contribution in [0, 0.1) is 11.8 Å². The third-order valence-electron chi connectivity index (χ3n) is 11.0. The number of imidazole rings is 2. The fourth-order valence-corrected chi connectivity index (χ4v) is 9.17. The van der Waals surface area contributed by atoms with Crippen molar-refractivity contribution in [2.24, 2.45) is 11.8 Å². The second-order valence-corrected chi connectivity index (χ2v) is 16.5. The Bertz CT molecular complexity index is 2500. The summed E-state index contributed by atoms with van der Waals surface area (Å²) < 4.78 is 5.72. The predicted molar refractivity (Wildman–Crippen MR) is 214 cm³/mol. The van der Waals surface area contributed by atoms with E-state index in [0.717, 1.165) is 85.3 Å². The molecule has 4 N–H and O–H groups in total. The van der Waals surface area contributed by atoms with E-state index in [1.54, 1.807) is 16.2 Å². The van der Waals surface area contributed by atoms with Crippen LogP contribution < -0.4 is 10.6 Å². The molecule has 2 saturated heterocycles. The molecule has 0 saturated carbocycles. The van der Waals surface area contributed by atoms with Crippen LogP contribution in [0.2, 0.25) is 0 Å². The Labute approximate surface area is 327 Å². The van der Waals surface area contributed by atoms with Crippen LogP contribution in [0.4, 0.5) is 4.79 Å². The normalized spacial score (nSPS) is 18.5. The predicted octanol–water partition coefficient (Wildman–Crippen LogP) is 6.13. The second-order valence-electron chi connectivity index (χ2n) is 15.5. The summed E-state index contributed by atoms with van der Waals surface area (Å²) in [6.07, 6.45) is 4.48. The van der Waals surface area contributed by atoms with Gasteiger partial charge in [-0.05, 0) is 67.2 Å². The molecule has 292 valence electrons. The van der Waals surface area contributed by atoms with Crippen LogP contribution in [-0.4, -0.2) is 95.8 Å². The maximum absolute atomic E-state index is 13.7. The average Bonchev–Trinajstić information content (AvgIpc) is 4.02. The van der Waals surface area contributed by atoms with E-state index in [1.807, 2.05) is 63.1 Å². The second kappa shape index (κ2) is 14.8. The Balaban J connectivity index is 1.07. The van der Waals surface area contributed by atoms with E-state index in [4.69, 9.17) is 24.7 Å². The maximum Gasteiger partial charge on any atom is 0.407 e. The maximum atomic E-state index is 13.7. The number of thiazole rings is 1. The number of ether oxygens (including phenoxy) is 1. The molecule has 6 heterocycles. The van der Waals surface area contributed by atoms with Crippen molar-refractivity contribution in [1.29, 1.82) is 0 Å². The van der Waals surface area contributed by atoms with Crippen molar-refractivity contribution in [3.05, 3.63) is 48.2 Å². The van der Waals surface area contributed by atoms with E-state index in [0.29, 0.717) is 18.9 Å². The van der Waals surface area contributed by atoms with Gasteiger partial charge in [0.2, 0.25) is 17.7 Å². The zero-order valence-electron chi connectivity index (χ0n) is 32.3. The number of pyridine rings is 1. The molecule has 0 unspecified atom stereocenters. The first-order chi connectivity index (χ1) is 26.9. The molecule has 0 radical (unpaired) electrons. The molecule has 0 spiro atoms. The van der Waals surface area contributed by atoms with Crippen LogP contribution in [0.1, 0.15) is 84.0 Å². The van der Waals surface area contributed by atoms with Gasteiger partial charge in [0.25, 0.3) is 0 Å². The molecule has 4 amide bonds. The number of methoxy groups -OCH3 is 1. The molecule has 2 fully saturated rings. The van der Waals surface area contributed by atoms with Gasteiger partial charge in [-0.1, -0.05) is 33.8 Å². The van der Waals surface area contributed by atoms with E-state index in [1.165, 1.54) is 14.0 Å². The number of nitrogens with one attached hydrogen (secondary N) is 4. The average molecular weight is 779 g/mol. The summed E-state index contributed by atoms with van der Waals surface area (Å²) in [6.45, 7) is 10.3. The van der Waals surface area contributed by atoms with Gasteiger partial charge >= 0.3 is 6.09 Å². The zero-order chi connectivity index (χ0) is 39.4. The Morgan fingerprint density at radius 1 is 0.839 bits per heavy atom. The standard InChI is InChI=1S/C40H46N10O5S/c1-19(2)30(42-21(5)51)38(52)49-15-8-10-29(49)36-44-25-13-14-26-34(33(25)47-36)56-37(45-26)27-17-22-11-12-24-32(23(22)18-41-27)46-35(43-24)28-9-7-16-50(28)39(53)31(20(3)4)48-40(54)55-6/h11-14,17-20,28-31,41H,7-10,15-16H2,1-6H3,(H,42,51)(H,44,47)(H,48,54)/t28-,29-,30-,31-/m0/s1. The Kier molecular flexibility index (Phi) is 9.85. The number of benzene rings is 2. The molecular formula is C40H46N10O5S. The molecule has 8 rings (SSSR count). The van der Waals surface area contributed by atoms with Crippen LogP contribution in [-0.2, 0) is 19.1 Å². The number of H-pyrrole nitrogens is 2. The summed E-state index contributed by atoms with van der Waals surface area (Å²) in [4.78, 5) is 81.7. The first-order valence-corrected chi connectivity index (χ1v) is 20.0. The van der Waals surface area contributed by atoms with Crippen LogP contribution in [0.15, 0.2) is 36.5 Å². The lowest BCUT2D eigenvalue weighted by Gasteiger charge is -2.30. The summed E-state index contributed by atoms with van der Waals surface area (Å²) in [6, 6.07) is 8.19. The number of hydrogen-bond acceptors (Lipinski definition) is 10. The van der Waals surface area contributed by atoms with Crippen molar-refractivity contribution in [3.8, 4) is 10.7 Å². The number of aromatic amines is 2. The van der Waals surface area contributed by atoms with Crippen LogP contribution in [0.5, 0.6) is 0 Å². The van der Waals surface area contributed by atoms with Crippen molar-refractivity contribution < 1.29 is 23.9 Å². The number of nitrogens with zero attached hydrogens (tertiary/aromatic N) is 6. The fraction of sp³-hybridized carbons (Fsp3) is 0.450. The minimum Gasteiger partial charge on any atom is -0.453 e. The van der Waals surface area contributed by atoms with Crippen molar-refractivity contribution in [1.82, 2.24) is 50.3 Å². The molecule has 4 atom stereocenters. The van der Waals surface area contributed by atoms with Crippen LogP contribution in [0.25, 0.3) is 53.8 Å². The zero-order valence-corrected chi connectivity index (χ0v) is 33.1. The highest BCUT2D eigenvalue weighted by molar-refractivity contribution is 7.22. The fourth-order valence-electron chi connectivity index (χ4n) is 8.13. The lowest BCUT2D eigenvalue weighted by atomic mass is 10.0. The smallest absolute Gasteiger partial charge is 0.407 e. The number of amides is 4. The number of carbonyl (C=O) groups excluding carboxylic acids is 4. The van der Waals surface area contributed by atoms with Crippen molar-refractivity contribution in [3.63, 3.8) is 0 Å². The molecule has 0 bridgehead atoms. The molecule has 2 aliphatic rings. The third-order valence-corrected chi connectivity index (χ3v) is 12.1. The minimum absolute atomic E-state index is 0.0476. The van der Waals surface area contributed by atoms with Gasteiger partial charge in [0, 0.05) is 31.6 Å². The first kappa shape index (κ1) is 37.3. The molecule has 6 aromatic rings. The summed E-state index contributed by atoms with van der Waals surface area (Å²) in [7, 11) is 1.29. The highest BCUT2D eigenvalue weighted by atomic mass is 32.1. The summed E-state index contributed by atoms with van der Waals surface area (Å²) in [5, 5.41) is 8.22. The molecule has 15 nitrogen and oxygen atoms in total. The number of carbonyl (C=O) groups is 4. The van der Waals surface area contributed by atoms with Crippen LogP contribution >= 0.6 is 11.3 Å². The highest BCUT2D eigenvalue weighted by Crippen LogP contribution is 2.39. The Morgan fingerprint density at radius 2 is 1.52 bits per heavy atom. The third kappa shape index (κ3) is 6.69. The van der Waals surface area contributed by atoms with Crippen molar-refractivity contribution in [2.75, 3.05) is 20.2 Å². The van der Waals surface area contributed by atoms with Gasteiger partial charge in [-0.2, -0.15) is 0 Å². The molecule has 2 aromatic carbocycles. The number of hydrogen-bond donors (Lipinski definition) is 4. The monoisotopic (exact) mass is 778 g/mol. The number of likely N-dealkylation sites (tertiary alicyclic amines) is 2. The van der Waals surface area contributed by atoms with Gasteiger partial charge in [-0.15, -0.1) is 11.3 Å². The van der Waals surface area contributed by atoms with E-state index < -0.39 is 18.2 Å². The van der Waals surface area contributed by atoms with Gasteiger partial charge < -0.3 is 35.1 Å². The highest BCUT2D eigenvalue weighted by Gasteiger charge is 2.39. The van der Waals surface area contributed by atoms with Crippen molar-refractivity contribution >= 4 is 78.2 Å². The SMILES string of the molecule is COC(=O)N[C@H](C(=O)N1CCC[C@H]1c1nc2ccc3cc(-c4nc5ccc6[nH]c([C@@H]7CCCN7C(=O)[C@@H](NC(C)=O)C(C)C)nc6c5s4)[nH]cc3c2n1)C(C)C. The summed E-state index contributed by atoms with van der Waals surface area (Å²) >= 11 is 1.55. The Hall–Kier alpha value is -5.64. The summed E-state index contributed by atoms with van der Waals surface area (Å²) in [5.41, 5.74) is 4.85. The van der Waals surface area contributed by atoms with E-state index in [2.05, 4.69) is 26.7 Å². The van der Waals surface area contributed by atoms with Gasteiger partial charge in [-0.25, -0.2) is 24.7 Å². The molecular weight excluding hydrogens is 733 g/mol.